The second kappa shape index (κ2) is 3.73. The van der Waals surface area contributed by atoms with Crippen molar-refractivity contribution >= 4 is 28.8 Å². The molecule has 0 spiro atoms. The number of nitrogen functional groups attached to an aromatic ring is 1. The molecule has 6 heteroatoms. The van der Waals surface area contributed by atoms with Crippen molar-refractivity contribution < 1.29 is 14.3 Å². The van der Waals surface area contributed by atoms with Crippen LogP contribution in [0, 0.1) is 0 Å². The minimum Gasteiger partial charge on any atom is -0.480 e. The minimum atomic E-state index is -0.940. The van der Waals surface area contributed by atoms with Crippen LogP contribution in [0.4, 0.5) is 11.7 Å². The summed E-state index contributed by atoms with van der Waals surface area (Å²) in [5.74, 6) is -0.940. The number of aliphatic carboxylic acids is 1. The summed E-state index contributed by atoms with van der Waals surface area (Å²) in [7, 11) is 1.60. The van der Waals surface area contributed by atoms with Crippen LogP contribution in [-0.2, 0) is 4.79 Å². The number of nitrogens with zero attached hydrogens (tertiary/aromatic N) is 2. The Bertz CT molecular complexity index is 535. The van der Waals surface area contributed by atoms with E-state index in [0.717, 1.165) is 0 Å². The third-order valence-corrected chi connectivity index (χ3v) is 2.10. The molecule has 0 amide bonds. The first kappa shape index (κ1) is 10.3. The maximum atomic E-state index is 10.5. The average molecular weight is 221 g/mol. The van der Waals surface area contributed by atoms with E-state index in [1.54, 1.807) is 25.2 Å². The van der Waals surface area contributed by atoms with Crippen LogP contribution in [0.2, 0.25) is 0 Å². The monoisotopic (exact) mass is 221 g/mol. The van der Waals surface area contributed by atoms with E-state index in [9.17, 15) is 4.79 Å². The number of fused-ring (bicyclic) bond motifs is 1. The van der Waals surface area contributed by atoms with Gasteiger partial charge >= 0.3 is 5.97 Å². The molecule has 0 saturated carbocycles. The summed E-state index contributed by atoms with van der Waals surface area (Å²) < 4.78 is 5.38. The van der Waals surface area contributed by atoms with Crippen LogP contribution in [0.15, 0.2) is 22.6 Å². The Morgan fingerprint density at radius 3 is 3.06 bits per heavy atom. The number of nitrogens with two attached hydrogens (primary N) is 1. The Hall–Kier alpha value is -2.24. The van der Waals surface area contributed by atoms with Crippen molar-refractivity contribution in [3.63, 3.8) is 0 Å². The lowest BCUT2D eigenvalue weighted by atomic mass is 10.3. The van der Waals surface area contributed by atoms with Crippen LogP contribution in [0.1, 0.15) is 0 Å². The molecule has 0 aliphatic carbocycles. The van der Waals surface area contributed by atoms with E-state index in [1.165, 1.54) is 4.90 Å². The summed E-state index contributed by atoms with van der Waals surface area (Å²) in [4.78, 5) is 16.1. The van der Waals surface area contributed by atoms with Gasteiger partial charge in [-0.3, -0.25) is 4.79 Å². The highest BCUT2D eigenvalue weighted by molar-refractivity contribution is 5.79. The third-order valence-electron chi connectivity index (χ3n) is 2.10. The van der Waals surface area contributed by atoms with Gasteiger partial charge in [0.1, 0.15) is 12.1 Å². The molecule has 0 atom stereocenters. The predicted octanol–water partition coefficient (Wildman–Crippen LogP) is 0.931. The molecule has 0 saturated heterocycles. The molecule has 1 aromatic heterocycles. The zero-order valence-corrected chi connectivity index (χ0v) is 8.67. The maximum Gasteiger partial charge on any atom is 0.323 e. The first-order valence-electron chi connectivity index (χ1n) is 4.65. The fourth-order valence-electron chi connectivity index (χ4n) is 1.36. The van der Waals surface area contributed by atoms with Crippen LogP contribution < -0.4 is 10.6 Å². The summed E-state index contributed by atoms with van der Waals surface area (Å²) >= 11 is 0. The highest BCUT2D eigenvalue weighted by Gasteiger charge is 2.12. The summed E-state index contributed by atoms with van der Waals surface area (Å²) in [6.07, 6.45) is 0. The molecule has 0 unspecified atom stereocenters. The van der Waals surface area contributed by atoms with Crippen molar-refractivity contribution in [1.82, 2.24) is 4.98 Å². The fourth-order valence-corrected chi connectivity index (χ4v) is 1.36. The number of carboxylic acid groups (broad SMARTS) is 1. The minimum absolute atomic E-state index is 0.164. The van der Waals surface area contributed by atoms with Crippen molar-refractivity contribution in [2.24, 2.45) is 0 Å². The summed E-state index contributed by atoms with van der Waals surface area (Å²) in [5.41, 5.74) is 7.38. The van der Waals surface area contributed by atoms with E-state index in [-0.39, 0.29) is 12.6 Å². The van der Waals surface area contributed by atoms with Gasteiger partial charge in [0, 0.05) is 18.8 Å². The van der Waals surface area contributed by atoms with Gasteiger partial charge in [-0.25, -0.2) is 0 Å². The molecule has 3 N–H and O–H groups in total. The van der Waals surface area contributed by atoms with Crippen molar-refractivity contribution in [1.29, 1.82) is 0 Å². The Balaban J connectivity index is 2.35. The Morgan fingerprint density at radius 2 is 2.38 bits per heavy atom. The summed E-state index contributed by atoms with van der Waals surface area (Å²) in [6, 6.07) is 5.36. The second-order valence-corrected chi connectivity index (χ2v) is 3.47. The van der Waals surface area contributed by atoms with Crippen molar-refractivity contribution in [2.75, 3.05) is 24.2 Å². The van der Waals surface area contributed by atoms with Crippen LogP contribution in [0.3, 0.4) is 0 Å². The molecular formula is C10H11N3O3. The number of hydrogen-bond donors (Lipinski definition) is 2. The molecule has 0 aliphatic rings. The van der Waals surface area contributed by atoms with Gasteiger partial charge in [-0.2, -0.15) is 4.98 Å². The summed E-state index contributed by atoms with van der Waals surface area (Å²) in [6.45, 7) is -0.164. The first-order valence-corrected chi connectivity index (χ1v) is 4.65. The Morgan fingerprint density at radius 1 is 1.62 bits per heavy atom. The number of oxazole rings is 1. The molecule has 0 fully saturated rings. The highest BCUT2D eigenvalue weighted by Crippen LogP contribution is 2.22. The fraction of sp³-hybridized carbons (Fsp3) is 0.200. The van der Waals surface area contributed by atoms with Crippen LogP contribution in [0.25, 0.3) is 11.1 Å². The Kier molecular flexibility index (Phi) is 2.40. The molecule has 2 aromatic rings. The molecule has 16 heavy (non-hydrogen) atoms. The van der Waals surface area contributed by atoms with Gasteiger partial charge in [0.05, 0.1) is 0 Å². The van der Waals surface area contributed by atoms with E-state index in [0.29, 0.717) is 16.8 Å². The molecule has 0 radical (unpaired) electrons. The number of carboxylic acids is 1. The van der Waals surface area contributed by atoms with E-state index in [4.69, 9.17) is 15.3 Å². The smallest absolute Gasteiger partial charge is 0.323 e. The van der Waals surface area contributed by atoms with Crippen LogP contribution in [-0.4, -0.2) is 29.7 Å². The highest BCUT2D eigenvalue weighted by atomic mass is 16.4. The SMILES string of the molecule is CN(CC(=O)O)c1nc2ccc(N)cc2o1. The molecule has 0 bridgehead atoms. The molecule has 2 rings (SSSR count). The summed E-state index contributed by atoms with van der Waals surface area (Å²) in [5, 5.41) is 8.63. The van der Waals surface area contributed by atoms with E-state index < -0.39 is 5.97 Å². The maximum absolute atomic E-state index is 10.5. The van der Waals surface area contributed by atoms with Gasteiger partial charge < -0.3 is 20.2 Å². The molecule has 0 aliphatic heterocycles. The quantitative estimate of drug-likeness (QED) is 0.749. The molecular weight excluding hydrogens is 210 g/mol. The largest absolute Gasteiger partial charge is 0.480 e. The van der Waals surface area contributed by atoms with Gasteiger partial charge in [0.2, 0.25) is 0 Å². The topological polar surface area (TPSA) is 92.6 Å². The lowest BCUT2D eigenvalue weighted by Crippen LogP contribution is -2.25. The van der Waals surface area contributed by atoms with Gasteiger partial charge in [-0.1, -0.05) is 0 Å². The van der Waals surface area contributed by atoms with Crippen LogP contribution in [0.5, 0.6) is 0 Å². The number of likely N-dealkylation sites (N-methyl/N-ethyl adjacent to an activating group) is 1. The molecule has 6 nitrogen and oxygen atoms in total. The molecule has 1 aromatic carbocycles. The molecule has 84 valence electrons. The van der Waals surface area contributed by atoms with Gasteiger partial charge in [0.25, 0.3) is 6.01 Å². The third kappa shape index (κ3) is 1.90. The number of aromatic nitrogens is 1. The van der Waals surface area contributed by atoms with Gasteiger partial charge in [0.15, 0.2) is 5.58 Å². The van der Waals surface area contributed by atoms with Crippen LogP contribution >= 0.6 is 0 Å². The number of carbonyl (C=O) groups is 1. The molecule has 1 heterocycles. The van der Waals surface area contributed by atoms with Gasteiger partial charge in [-0.05, 0) is 12.1 Å². The van der Waals surface area contributed by atoms with E-state index in [2.05, 4.69) is 4.98 Å². The van der Waals surface area contributed by atoms with Crippen molar-refractivity contribution in [3.8, 4) is 0 Å². The average Bonchev–Trinajstić information content (AvgIpc) is 2.59. The lowest BCUT2D eigenvalue weighted by molar-refractivity contribution is -0.135. The standard InChI is InChI=1S/C10H11N3O3/c1-13(5-9(14)15)10-12-7-3-2-6(11)4-8(7)16-10/h2-4H,5,11H2,1H3,(H,14,15). The number of anilines is 2. The number of benzene rings is 1. The zero-order chi connectivity index (χ0) is 11.7. The normalized spacial score (nSPS) is 10.6. The number of hydrogen-bond acceptors (Lipinski definition) is 5. The first-order chi connectivity index (χ1) is 7.56. The number of rotatable bonds is 3. The second-order valence-electron chi connectivity index (χ2n) is 3.47. The van der Waals surface area contributed by atoms with Crippen molar-refractivity contribution in [3.05, 3.63) is 18.2 Å². The Labute approximate surface area is 91.3 Å². The van der Waals surface area contributed by atoms with E-state index >= 15 is 0 Å². The van der Waals surface area contributed by atoms with Crippen molar-refractivity contribution in [2.45, 2.75) is 0 Å². The zero-order valence-electron chi connectivity index (χ0n) is 8.67. The van der Waals surface area contributed by atoms with E-state index in [1.807, 2.05) is 0 Å². The lowest BCUT2D eigenvalue weighted by Gasteiger charge is -2.09. The van der Waals surface area contributed by atoms with Gasteiger partial charge in [-0.15, -0.1) is 0 Å². The predicted molar refractivity (Wildman–Crippen MR) is 59.3 cm³/mol.